The second-order valence-electron chi connectivity index (χ2n) is 4.59. The van der Waals surface area contributed by atoms with Crippen molar-refractivity contribution in [3.05, 3.63) is 0 Å². The summed E-state index contributed by atoms with van der Waals surface area (Å²) in [6.45, 7) is 3.36. The molecule has 0 aliphatic carbocycles. The van der Waals surface area contributed by atoms with Crippen LogP contribution in [0.4, 0.5) is 0 Å². The molecule has 5 heteroatoms. The van der Waals surface area contributed by atoms with E-state index in [0.29, 0.717) is 13.0 Å². The maximum atomic E-state index is 11.9. The summed E-state index contributed by atoms with van der Waals surface area (Å²) in [6.07, 6.45) is 2.36. The standard InChI is InChI=1S/C11H19NO4/c1-11(2,15)10(14)12-7-5-4-6-8(12)9(13)16-3/h8,15H,4-7H2,1-3H3. The van der Waals surface area contributed by atoms with E-state index in [0.717, 1.165) is 12.8 Å². The van der Waals surface area contributed by atoms with Crippen LogP contribution in [0.5, 0.6) is 0 Å². The molecule has 1 aliphatic rings. The zero-order valence-electron chi connectivity index (χ0n) is 10.0. The molecule has 1 rings (SSSR count). The molecule has 0 spiro atoms. The van der Waals surface area contributed by atoms with Gasteiger partial charge in [0, 0.05) is 6.54 Å². The Morgan fingerprint density at radius 3 is 2.50 bits per heavy atom. The quantitative estimate of drug-likeness (QED) is 0.692. The van der Waals surface area contributed by atoms with Crippen molar-refractivity contribution in [2.75, 3.05) is 13.7 Å². The van der Waals surface area contributed by atoms with E-state index >= 15 is 0 Å². The van der Waals surface area contributed by atoms with Crippen LogP contribution >= 0.6 is 0 Å². The first-order chi connectivity index (χ1) is 7.38. The number of carbonyl (C=O) groups excluding carboxylic acids is 2. The topological polar surface area (TPSA) is 66.8 Å². The van der Waals surface area contributed by atoms with E-state index in [-0.39, 0.29) is 0 Å². The minimum absolute atomic E-state index is 0.405. The molecule has 1 unspecified atom stereocenters. The largest absolute Gasteiger partial charge is 0.467 e. The Kier molecular flexibility index (Phi) is 3.91. The summed E-state index contributed by atoms with van der Waals surface area (Å²) in [6, 6.07) is -0.544. The molecule has 1 fully saturated rings. The number of hydrogen-bond acceptors (Lipinski definition) is 4. The van der Waals surface area contributed by atoms with E-state index in [1.807, 2.05) is 0 Å². The van der Waals surface area contributed by atoms with Crippen LogP contribution in [-0.4, -0.2) is 47.2 Å². The summed E-state index contributed by atoms with van der Waals surface area (Å²) in [7, 11) is 1.31. The first-order valence-corrected chi connectivity index (χ1v) is 5.49. The summed E-state index contributed by atoms with van der Waals surface area (Å²) >= 11 is 0. The summed E-state index contributed by atoms with van der Waals surface area (Å²) < 4.78 is 4.67. The van der Waals surface area contributed by atoms with Crippen molar-refractivity contribution in [1.29, 1.82) is 0 Å². The number of hydrogen-bond donors (Lipinski definition) is 1. The van der Waals surface area contributed by atoms with Crippen LogP contribution in [0, 0.1) is 0 Å². The molecule has 0 radical (unpaired) electrons. The van der Waals surface area contributed by atoms with Gasteiger partial charge < -0.3 is 14.7 Å². The summed E-state index contributed by atoms with van der Waals surface area (Å²) in [5.74, 6) is -0.820. The highest BCUT2D eigenvalue weighted by Gasteiger charge is 2.38. The molecule has 0 aromatic heterocycles. The maximum Gasteiger partial charge on any atom is 0.328 e. The molecule has 1 heterocycles. The third-order valence-corrected chi connectivity index (χ3v) is 2.76. The van der Waals surface area contributed by atoms with E-state index in [1.54, 1.807) is 0 Å². The van der Waals surface area contributed by atoms with Gasteiger partial charge in [0.15, 0.2) is 0 Å². The third-order valence-electron chi connectivity index (χ3n) is 2.76. The Balaban J connectivity index is 2.82. The van der Waals surface area contributed by atoms with Gasteiger partial charge in [0.05, 0.1) is 7.11 Å². The van der Waals surface area contributed by atoms with Gasteiger partial charge >= 0.3 is 5.97 Å². The van der Waals surface area contributed by atoms with Crippen molar-refractivity contribution < 1.29 is 19.4 Å². The Bertz CT molecular complexity index is 282. The Morgan fingerprint density at radius 1 is 1.38 bits per heavy atom. The number of methoxy groups -OCH3 is 1. The fraction of sp³-hybridized carbons (Fsp3) is 0.818. The van der Waals surface area contributed by atoms with Crippen LogP contribution in [0.25, 0.3) is 0 Å². The van der Waals surface area contributed by atoms with E-state index in [9.17, 15) is 14.7 Å². The number of aliphatic hydroxyl groups is 1. The third kappa shape index (κ3) is 2.72. The van der Waals surface area contributed by atoms with Crippen LogP contribution in [0.15, 0.2) is 0 Å². The number of rotatable bonds is 2. The van der Waals surface area contributed by atoms with E-state index in [1.165, 1.54) is 25.9 Å². The van der Waals surface area contributed by atoms with Gasteiger partial charge in [-0.15, -0.1) is 0 Å². The second kappa shape index (κ2) is 4.82. The average Bonchev–Trinajstić information content (AvgIpc) is 2.25. The Labute approximate surface area is 95.4 Å². The van der Waals surface area contributed by atoms with Crippen molar-refractivity contribution in [2.24, 2.45) is 0 Å². The van der Waals surface area contributed by atoms with Crippen molar-refractivity contribution in [3.63, 3.8) is 0 Å². The SMILES string of the molecule is COC(=O)C1CCCCN1C(=O)C(C)(C)O. The van der Waals surface area contributed by atoms with Gasteiger partial charge in [-0.3, -0.25) is 4.79 Å². The number of esters is 1. The molecule has 1 atom stereocenters. The number of piperidine rings is 1. The predicted molar refractivity (Wildman–Crippen MR) is 57.7 cm³/mol. The lowest BCUT2D eigenvalue weighted by atomic mass is 9.98. The minimum Gasteiger partial charge on any atom is -0.467 e. The minimum atomic E-state index is -1.44. The van der Waals surface area contributed by atoms with Crippen molar-refractivity contribution in [2.45, 2.75) is 44.8 Å². The van der Waals surface area contributed by atoms with Crippen LogP contribution in [-0.2, 0) is 14.3 Å². The van der Waals surface area contributed by atoms with E-state index in [2.05, 4.69) is 4.74 Å². The lowest BCUT2D eigenvalue weighted by Crippen LogP contribution is -2.54. The lowest BCUT2D eigenvalue weighted by Gasteiger charge is -2.36. The molecule has 1 aliphatic heterocycles. The van der Waals surface area contributed by atoms with Gasteiger partial charge in [0.2, 0.25) is 0 Å². The molecule has 1 saturated heterocycles. The Hall–Kier alpha value is -1.10. The fourth-order valence-corrected chi connectivity index (χ4v) is 1.91. The van der Waals surface area contributed by atoms with E-state index in [4.69, 9.17) is 0 Å². The van der Waals surface area contributed by atoms with Crippen LogP contribution in [0.3, 0.4) is 0 Å². The zero-order valence-corrected chi connectivity index (χ0v) is 10.0. The first kappa shape index (κ1) is 13.0. The summed E-state index contributed by atoms with van der Waals surface area (Å²) in [5.41, 5.74) is -1.44. The van der Waals surface area contributed by atoms with E-state index < -0.39 is 23.5 Å². The number of carbonyl (C=O) groups is 2. The Morgan fingerprint density at radius 2 is 2.00 bits per heavy atom. The van der Waals surface area contributed by atoms with Gasteiger partial charge in [-0.2, -0.15) is 0 Å². The smallest absolute Gasteiger partial charge is 0.328 e. The highest BCUT2D eigenvalue weighted by atomic mass is 16.5. The number of ether oxygens (including phenoxy) is 1. The summed E-state index contributed by atoms with van der Waals surface area (Å²) in [4.78, 5) is 24.9. The lowest BCUT2D eigenvalue weighted by molar-refractivity contribution is -0.162. The molecule has 0 saturated carbocycles. The monoisotopic (exact) mass is 229 g/mol. The van der Waals surface area contributed by atoms with Crippen LogP contribution in [0.1, 0.15) is 33.1 Å². The zero-order chi connectivity index (χ0) is 12.3. The molecule has 0 aromatic rings. The molecule has 92 valence electrons. The van der Waals surface area contributed by atoms with Gasteiger partial charge in [-0.25, -0.2) is 4.79 Å². The first-order valence-electron chi connectivity index (χ1n) is 5.49. The van der Waals surface area contributed by atoms with Gasteiger partial charge in [0.1, 0.15) is 11.6 Å². The molecular weight excluding hydrogens is 210 g/mol. The molecular formula is C11H19NO4. The highest BCUT2D eigenvalue weighted by Crippen LogP contribution is 2.21. The maximum absolute atomic E-state index is 11.9. The van der Waals surface area contributed by atoms with Crippen LogP contribution < -0.4 is 0 Å². The van der Waals surface area contributed by atoms with Crippen molar-refractivity contribution >= 4 is 11.9 Å². The van der Waals surface area contributed by atoms with Crippen LogP contribution in [0.2, 0.25) is 0 Å². The van der Waals surface area contributed by atoms with Gasteiger partial charge in [-0.1, -0.05) is 0 Å². The number of likely N-dealkylation sites (tertiary alicyclic amines) is 1. The normalized spacial score (nSPS) is 21.8. The molecule has 0 aromatic carbocycles. The number of amides is 1. The molecule has 1 N–H and O–H groups in total. The molecule has 16 heavy (non-hydrogen) atoms. The number of nitrogens with zero attached hydrogens (tertiary/aromatic N) is 1. The molecule has 5 nitrogen and oxygen atoms in total. The molecule has 0 bridgehead atoms. The highest BCUT2D eigenvalue weighted by molar-refractivity contribution is 5.89. The second-order valence-corrected chi connectivity index (χ2v) is 4.59. The average molecular weight is 229 g/mol. The fourth-order valence-electron chi connectivity index (χ4n) is 1.91. The summed E-state index contributed by atoms with van der Waals surface area (Å²) in [5, 5.41) is 9.67. The van der Waals surface area contributed by atoms with Gasteiger partial charge in [-0.05, 0) is 33.1 Å². The van der Waals surface area contributed by atoms with Gasteiger partial charge in [0.25, 0.3) is 5.91 Å². The molecule has 1 amide bonds. The van der Waals surface area contributed by atoms with Crippen molar-refractivity contribution in [3.8, 4) is 0 Å². The predicted octanol–water partition coefficient (Wildman–Crippen LogP) is 0.311. The van der Waals surface area contributed by atoms with Crippen molar-refractivity contribution in [1.82, 2.24) is 4.90 Å².